The number of methoxy groups -OCH3 is 1. The number of ether oxygens (including phenoxy) is 1. The zero-order valence-corrected chi connectivity index (χ0v) is 18.8. The minimum absolute atomic E-state index is 0.147. The quantitative estimate of drug-likeness (QED) is 0.432. The normalized spacial score (nSPS) is 11.1. The van der Waals surface area contributed by atoms with E-state index in [9.17, 15) is 9.59 Å². The van der Waals surface area contributed by atoms with Crippen molar-refractivity contribution in [2.24, 2.45) is 0 Å². The maximum Gasteiger partial charge on any atom is 0.300 e. The molecule has 4 rings (SSSR count). The van der Waals surface area contributed by atoms with Gasteiger partial charge in [0.2, 0.25) is 11.6 Å². The van der Waals surface area contributed by atoms with Gasteiger partial charge in [-0.15, -0.1) is 10.2 Å². The van der Waals surface area contributed by atoms with E-state index in [1.807, 2.05) is 24.3 Å². The van der Waals surface area contributed by atoms with E-state index in [1.165, 1.54) is 21.9 Å². The van der Waals surface area contributed by atoms with Gasteiger partial charge in [-0.05, 0) is 47.9 Å². The lowest BCUT2D eigenvalue weighted by atomic mass is 10.0. The molecule has 1 N–H and O–H groups in total. The molecule has 0 fully saturated rings. The molecule has 0 radical (unpaired) electrons. The van der Waals surface area contributed by atoms with Crippen LogP contribution in [0.3, 0.4) is 0 Å². The van der Waals surface area contributed by atoms with Crippen LogP contribution < -0.4 is 15.6 Å². The first-order valence-corrected chi connectivity index (χ1v) is 11.1. The van der Waals surface area contributed by atoms with Crippen molar-refractivity contribution < 1.29 is 9.53 Å². The van der Waals surface area contributed by atoms with Crippen LogP contribution in [0.15, 0.2) is 70.9 Å². The predicted octanol–water partition coefficient (Wildman–Crippen LogP) is 3.74. The van der Waals surface area contributed by atoms with Gasteiger partial charge in [0.15, 0.2) is 5.16 Å². The Morgan fingerprint density at radius 3 is 2.44 bits per heavy atom. The molecule has 0 aliphatic carbocycles. The van der Waals surface area contributed by atoms with E-state index < -0.39 is 0 Å². The van der Waals surface area contributed by atoms with E-state index in [-0.39, 0.29) is 22.9 Å². The molecule has 2 aromatic heterocycles. The van der Waals surface area contributed by atoms with Crippen molar-refractivity contribution in [1.29, 1.82) is 0 Å². The van der Waals surface area contributed by atoms with Gasteiger partial charge in [0, 0.05) is 23.8 Å². The fraction of sp³-hybridized carbons (Fsp3) is 0.217. The second-order valence-electron chi connectivity index (χ2n) is 7.46. The average Bonchev–Trinajstić information content (AvgIpc) is 3.22. The van der Waals surface area contributed by atoms with Crippen molar-refractivity contribution in [3.05, 3.63) is 76.8 Å². The van der Waals surface area contributed by atoms with E-state index in [4.69, 9.17) is 4.74 Å². The predicted molar refractivity (Wildman–Crippen MR) is 125 cm³/mol. The molecule has 2 heterocycles. The standard InChI is InChI=1S/C23H23N5O3S/c1-15(2)16-4-6-17(7-5-16)24-20(29)14-32-23-26-25-21-22(30)27(12-13-28(21)23)18-8-10-19(31-3)11-9-18/h4-13,15H,14H2,1-3H3,(H,24,29). The van der Waals surface area contributed by atoms with Gasteiger partial charge >= 0.3 is 5.56 Å². The Labute approximate surface area is 189 Å². The Balaban J connectivity index is 1.46. The van der Waals surface area contributed by atoms with Gasteiger partial charge in [-0.2, -0.15) is 0 Å². The fourth-order valence-corrected chi connectivity index (χ4v) is 3.91. The summed E-state index contributed by atoms with van der Waals surface area (Å²) in [6.45, 7) is 4.25. The second kappa shape index (κ2) is 9.27. The molecular weight excluding hydrogens is 426 g/mol. The van der Waals surface area contributed by atoms with Gasteiger partial charge in [0.05, 0.1) is 12.9 Å². The van der Waals surface area contributed by atoms with Crippen molar-refractivity contribution in [2.75, 3.05) is 18.2 Å². The summed E-state index contributed by atoms with van der Waals surface area (Å²) in [5, 5.41) is 11.5. The third kappa shape index (κ3) is 4.52. The Hall–Kier alpha value is -3.59. The molecule has 0 saturated carbocycles. The maximum absolute atomic E-state index is 12.9. The molecule has 164 valence electrons. The van der Waals surface area contributed by atoms with Crippen molar-refractivity contribution in [3.8, 4) is 11.4 Å². The van der Waals surface area contributed by atoms with Crippen LogP contribution in [0.2, 0.25) is 0 Å². The van der Waals surface area contributed by atoms with Gasteiger partial charge < -0.3 is 10.1 Å². The summed E-state index contributed by atoms with van der Waals surface area (Å²) >= 11 is 1.22. The molecule has 0 unspecified atom stereocenters. The van der Waals surface area contributed by atoms with Crippen LogP contribution in [0.25, 0.3) is 11.3 Å². The number of carbonyl (C=O) groups excluding carboxylic acids is 1. The van der Waals surface area contributed by atoms with Crippen LogP contribution in [0, 0.1) is 0 Å². The smallest absolute Gasteiger partial charge is 0.300 e. The average molecular weight is 450 g/mol. The van der Waals surface area contributed by atoms with Gasteiger partial charge in [-0.3, -0.25) is 18.6 Å². The van der Waals surface area contributed by atoms with E-state index in [2.05, 4.69) is 29.4 Å². The number of nitrogens with one attached hydrogen (secondary N) is 1. The molecule has 2 aromatic carbocycles. The first-order chi connectivity index (χ1) is 15.5. The largest absolute Gasteiger partial charge is 0.497 e. The van der Waals surface area contributed by atoms with E-state index in [0.717, 1.165) is 5.69 Å². The van der Waals surface area contributed by atoms with Crippen molar-refractivity contribution in [1.82, 2.24) is 19.2 Å². The summed E-state index contributed by atoms with van der Waals surface area (Å²) in [5.41, 5.74) is 2.54. The van der Waals surface area contributed by atoms with E-state index in [0.29, 0.717) is 22.5 Å². The first kappa shape index (κ1) is 21.6. The molecular formula is C23H23N5O3S. The third-order valence-corrected chi connectivity index (χ3v) is 5.93. The molecule has 32 heavy (non-hydrogen) atoms. The molecule has 9 heteroatoms. The fourth-order valence-electron chi connectivity index (χ4n) is 3.19. The highest BCUT2D eigenvalue weighted by Crippen LogP contribution is 2.19. The van der Waals surface area contributed by atoms with Crippen LogP contribution in [0.4, 0.5) is 5.69 Å². The van der Waals surface area contributed by atoms with E-state index in [1.54, 1.807) is 48.2 Å². The Kier molecular flexibility index (Phi) is 6.27. The molecule has 0 aliphatic rings. The number of thioether (sulfide) groups is 1. The number of amides is 1. The lowest BCUT2D eigenvalue weighted by molar-refractivity contribution is -0.113. The summed E-state index contributed by atoms with van der Waals surface area (Å²) in [7, 11) is 1.59. The Morgan fingerprint density at radius 2 is 1.78 bits per heavy atom. The first-order valence-electron chi connectivity index (χ1n) is 10.1. The number of benzene rings is 2. The molecule has 8 nitrogen and oxygen atoms in total. The number of rotatable bonds is 7. The number of nitrogens with zero attached hydrogens (tertiary/aromatic N) is 4. The molecule has 1 amide bonds. The molecule has 0 aliphatic heterocycles. The van der Waals surface area contributed by atoms with Crippen LogP contribution >= 0.6 is 11.8 Å². The number of carbonyl (C=O) groups is 1. The van der Waals surface area contributed by atoms with Crippen LogP contribution in [0.5, 0.6) is 5.75 Å². The van der Waals surface area contributed by atoms with Gasteiger partial charge in [-0.25, -0.2) is 0 Å². The molecule has 0 saturated heterocycles. The zero-order valence-electron chi connectivity index (χ0n) is 18.0. The highest BCUT2D eigenvalue weighted by atomic mass is 32.2. The van der Waals surface area contributed by atoms with Crippen LogP contribution in [-0.2, 0) is 4.79 Å². The van der Waals surface area contributed by atoms with Crippen LogP contribution in [-0.4, -0.2) is 37.9 Å². The molecule has 4 aromatic rings. The van der Waals surface area contributed by atoms with E-state index >= 15 is 0 Å². The van der Waals surface area contributed by atoms with Crippen LogP contribution in [0.1, 0.15) is 25.3 Å². The number of anilines is 1. The number of hydrogen-bond donors (Lipinski definition) is 1. The van der Waals surface area contributed by atoms with Crippen molar-refractivity contribution in [3.63, 3.8) is 0 Å². The number of aromatic nitrogens is 4. The second-order valence-corrected chi connectivity index (χ2v) is 8.40. The summed E-state index contributed by atoms with van der Waals surface area (Å²) in [6.07, 6.45) is 3.37. The molecule has 0 bridgehead atoms. The lowest BCUT2D eigenvalue weighted by Crippen LogP contribution is -2.20. The summed E-state index contributed by atoms with van der Waals surface area (Å²) in [4.78, 5) is 25.2. The molecule has 0 spiro atoms. The van der Waals surface area contributed by atoms with Crippen molar-refractivity contribution in [2.45, 2.75) is 24.9 Å². The van der Waals surface area contributed by atoms with Gasteiger partial charge in [0.1, 0.15) is 5.75 Å². The minimum Gasteiger partial charge on any atom is -0.497 e. The summed E-state index contributed by atoms with van der Waals surface area (Å²) in [5.74, 6) is 1.13. The van der Waals surface area contributed by atoms with Gasteiger partial charge in [0.25, 0.3) is 0 Å². The summed E-state index contributed by atoms with van der Waals surface area (Å²) < 4.78 is 8.24. The Bertz CT molecular complexity index is 1290. The third-order valence-electron chi connectivity index (χ3n) is 4.98. The minimum atomic E-state index is -0.299. The summed E-state index contributed by atoms with van der Waals surface area (Å²) in [6, 6.07) is 15.0. The highest BCUT2D eigenvalue weighted by Gasteiger charge is 2.14. The SMILES string of the molecule is COc1ccc(-n2ccn3c(SCC(=O)Nc4ccc(C(C)C)cc4)nnc3c2=O)cc1. The number of hydrogen-bond acceptors (Lipinski definition) is 6. The topological polar surface area (TPSA) is 90.5 Å². The molecule has 0 atom stereocenters. The Morgan fingerprint density at radius 1 is 1.06 bits per heavy atom. The number of fused-ring (bicyclic) bond motifs is 1. The van der Waals surface area contributed by atoms with Gasteiger partial charge in [-0.1, -0.05) is 37.7 Å². The maximum atomic E-state index is 12.9. The zero-order chi connectivity index (χ0) is 22.7. The lowest BCUT2D eigenvalue weighted by Gasteiger charge is -2.08. The highest BCUT2D eigenvalue weighted by molar-refractivity contribution is 7.99. The monoisotopic (exact) mass is 449 g/mol. The van der Waals surface area contributed by atoms with Crippen molar-refractivity contribution >= 4 is 29.0 Å².